The van der Waals surface area contributed by atoms with Crippen molar-refractivity contribution in [2.45, 2.75) is 0 Å². The summed E-state index contributed by atoms with van der Waals surface area (Å²) < 4.78 is 36.8. The maximum atomic E-state index is 13.0. The molecule has 1 aliphatic rings. The maximum absolute atomic E-state index is 13.0. The van der Waals surface area contributed by atoms with Crippen molar-refractivity contribution in [3.63, 3.8) is 0 Å². The summed E-state index contributed by atoms with van der Waals surface area (Å²) in [7, 11) is -0.870. The lowest BCUT2D eigenvalue weighted by molar-refractivity contribution is 0.0770. The van der Waals surface area contributed by atoms with E-state index < -0.39 is 22.4 Å². The first-order valence-corrected chi connectivity index (χ1v) is 6.66. The zero-order valence-electron chi connectivity index (χ0n) is 8.99. The highest BCUT2D eigenvalue weighted by atomic mass is 32.2. The molecule has 6 heteroatoms. The quantitative estimate of drug-likeness (QED) is 0.759. The highest BCUT2D eigenvalue weighted by Crippen LogP contribution is 2.12. The summed E-state index contributed by atoms with van der Waals surface area (Å²) in [4.78, 5) is 13.4. The number of hydrogen-bond acceptors (Lipinski definition) is 2. The SMILES string of the molecule is O=C(c1ccc(F)c(F)c1)N1CCS(=O)CC1. The molecule has 0 atom stereocenters. The van der Waals surface area contributed by atoms with Crippen LogP contribution in [0.1, 0.15) is 10.4 Å². The van der Waals surface area contributed by atoms with Gasteiger partial charge in [-0.15, -0.1) is 0 Å². The zero-order valence-corrected chi connectivity index (χ0v) is 9.80. The second-order valence-corrected chi connectivity index (χ2v) is 5.47. The first kappa shape index (κ1) is 12.2. The van der Waals surface area contributed by atoms with Crippen LogP contribution >= 0.6 is 0 Å². The third-order valence-corrected chi connectivity index (χ3v) is 3.91. The normalized spacial score (nSPS) is 17.2. The van der Waals surface area contributed by atoms with Crippen LogP contribution in [-0.2, 0) is 10.8 Å². The molecule has 1 amide bonds. The number of carbonyl (C=O) groups is 1. The topological polar surface area (TPSA) is 37.4 Å². The van der Waals surface area contributed by atoms with Crippen molar-refractivity contribution < 1.29 is 17.8 Å². The number of rotatable bonds is 1. The van der Waals surface area contributed by atoms with E-state index in [0.717, 1.165) is 12.1 Å². The highest BCUT2D eigenvalue weighted by molar-refractivity contribution is 7.85. The van der Waals surface area contributed by atoms with Crippen molar-refractivity contribution in [1.82, 2.24) is 4.90 Å². The zero-order chi connectivity index (χ0) is 12.4. The minimum atomic E-state index is -1.03. The van der Waals surface area contributed by atoms with Crippen molar-refractivity contribution in [2.75, 3.05) is 24.6 Å². The van der Waals surface area contributed by atoms with E-state index in [-0.39, 0.29) is 11.5 Å². The second-order valence-electron chi connectivity index (χ2n) is 3.77. The number of benzene rings is 1. The summed E-state index contributed by atoms with van der Waals surface area (Å²) in [5, 5.41) is 0. The van der Waals surface area contributed by atoms with Crippen LogP contribution in [0.25, 0.3) is 0 Å². The van der Waals surface area contributed by atoms with Gasteiger partial charge < -0.3 is 4.90 Å². The molecule has 0 saturated carbocycles. The van der Waals surface area contributed by atoms with Gasteiger partial charge in [0.05, 0.1) is 0 Å². The molecule has 2 rings (SSSR count). The minimum Gasteiger partial charge on any atom is -0.337 e. The standard InChI is InChI=1S/C11H11F2NO2S/c12-9-2-1-8(7-10(9)13)11(15)14-3-5-17(16)6-4-14/h1-2,7H,3-6H2. The summed E-state index contributed by atoms with van der Waals surface area (Å²) in [6.07, 6.45) is 0. The molecule has 1 aliphatic heterocycles. The van der Waals surface area contributed by atoms with E-state index in [1.807, 2.05) is 0 Å². The molecule has 0 unspecified atom stereocenters. The Balaban J connectivity index is 2.14. The molecule has 1 fully saturated rings. The van der Waals surface area contributed by atoms with Gasteiger partial charge in [0.1, 0.15) is 0 Å². The Morgan fingerprint density at radius 2 is 1.82 bits per heavy atom. The maximum Gasteiger partial charge on any atom is 0.254 e. The largest absolute Gasteiger partial charge is 0.337 e. The number of hydrogen-bond donors (Lipinski definition) is 0. The van der Waals surface area contributed by atoms with Gasteiger partial charge in [0.15, 0.2) is 11.6 Å². The first-order valence-electron chi connectivity index (χ1n) is 5.17. The van der Waals surface area contributed by atoms with Gasteiger partial charge in [0.25, 0.3) is 5.91 Å². The van der Waals surface area contributed by atoms with Crippen LogP contribution in [0.2, 0.25) is 0 Å². The van der Waals surface area contributed by atoms with E-state index in [4.69, 9.17) is 0 Å². The van der Waals surface area contributed by atoms with Crippen LogP contribution in [-0.4, -0.2) is 39.6 Å². The molecule has 0 aliphatic carbocycles. The summed E-state index contributed by atoms with van der Waals surface area (Å²) in [5.41, 5.74) is 0.122. The molecule has 92 valence electrons. The number of carbonyl (C=O) groups excluding carboxylic acids is 1. The van der Waals surface area contributed by atoms with Crippen LogP contribution in [0.4, 0.5) is 8.78 Å². The van der Waals surface area contributed by atoms with Crippen LogP contribution in [0.5, 0.6) is 0 Å². The predicted octanol–water partition coefficient (Wildman–Crippen LogP) is 1.17. The fourth-order valence-corrected chi connectivity index (χ4v) is 2.70. The third-order valence-electron chi connectivity index (χ3n) is 2.63. The van der Waals surface area contributed by atoms with Crippen molar-refractivity contribution >= 4 is 16.7 Å². The van der Waals surface area contributed by atoms with Gasteiger partial charge in [-0.2, -0.15) is 0 Å². The van der Waals surface area contributed by atoms with Crippen LogP contribution in [0.3, 0.4) is 0 Å². The summed E-state index contributed by atoms with van der Waals surface area (Å²) in [5.74, 6) is -1.47. The third kappa shape index (κ3) is 2.69. The van der Waals surface area contributed by atoms with Gasteiger partial charge in [0, 0.05) is 41.0 Å². The molecule has 0 radical (unpaired) electrons. The van der Waals surface area contributed by atoms with E-state index >= 15 is 0 Å². The number of halogens is 2. The fourth-order valence-electron chi connectivity index (χ4n) is 1.65. The van der Waals surface area contributed by atoms with Gasteiger partial charge >= 0.3 is 0 Å². The molecule has 1 aromatic rings. The Labute approximate surface area is 99.9 Å². The molecule has 1 heterocycles. The van der Waals surface area contributed by atoms with E-state index in [1.54, 1.807) is 0 Å². The molecule has 3 nitrogen and oxygen atoms in total. The first-order chi connectivity index (χ1) is 8.08. The Morgan fingerprint density at radius 3 is 2.41 bits per heavy atom. The summed E-state index contributed by atoms with van der Waals surface area (Å²) in [6, 6.07) is 3.08. The van der Waals surface area contributed by atoms with Crippen LogP contribution in [0.15, 0.2) is 18.2 Å². The lowest BCUT2D eigenvalue weighted by Gasteiger charge is -2.26. The summed E-state index contributed by atoms with van der Waals surface area (Å²) >= 11 is 0. The minimum absolute atomic E-state index is 0.122. The Hall–Kier alpha value is -1.30. The molecular formula is C11H11F2NO2S. The van der Waals surface area contributed by atoms with Gasteiger partial charge in [-0.05, 0) is 18.2 Å². The van der Waals surface area contributed by atoms with Gasteiger partial charge in [0.2, 0.25) is 0 Å². The average Bonchev–Trinajstić information content (AvgIpc) is 2.33. The van der Waals surface area contributed by atoms with Crippen molar-refractivity contribution in [3.8, 4) is 0 Å². The number of amides is 1. The van der Waals surface area contributed by atoms with E-state index in [9.17, 15) is 17.8 Å². The van der Waals surface area contributed by atoms with Crippen molar-refractivity contribution in [1.29, 1.82) is 0 Å². The lowest BCUT2D eigenvalue weighted by Crippen LogP contribution is -2.41. The lowest BCUT2D eigenvalue weighted by atomic mass is 10.2. The molecule has 0 N–H and O–H groups in total. The Kier molecular flexibility index (Phi) is 3.51. The Bertz CT molecular complexity index is 469. The van der Waals surface area contributed by atoms with Crippen LogP contribution in [0, 0.1) is 11.6 Å². The monoisotopic (exact) mass is 259 g/mol. The van der Waals surface area contributed by atoms with E-state index in [1.165, 1.54) is 11.0 Å². The summed E-state index contributed by atoms with van der Waals surface area (Å²) in [6.45, 7) is 0.787. The number of nitrogens with zero attached hydrogens (tertiary/aromatic N) is 1. The van der Waals surface area contributed by atoms with Gasteiger partial charge in [-0.3, -0.25) is 9.00 Å². The average molecular weight is 259 g/mol. The van der Waals surface area contributed by atoms with E-state index in [2.05, 4.69) is 0 Å². The molecular weight excluding hydrogens is 248 g/mol. The van der Waals surface area contributed by atoms with Gasteiger partial charge in [-0.1, -0.05) is 0 Å². The Morgan fingerprint density at radius 1 is 1.18 bits per heavy atom. The smallest absolute Gasteiger partial charge is 0.254 e. The highest BCUT2D eigenvalue weighted by Gasteiger charge is 2.21. The predicted molar refractivity (Wildman–Crippen MR) is 60.1 cm³/mol. The molecule has 0 spiro atoms. The van der Waals surface area contributed by atoms with Crippen molar-refractivity contribution in [3.05, 3.63) is 35.4 Å². The molecule has 0 aromatic heterocycles. The fraction of sp³-hybridized carbons (Fsp3) is 0.364. The molecule has 1 saturated heterocycles. The second kappa shape index (κ2) is 4.91. The van der Waals surface area contributed by atoms with Gasteiger partial charge in [-0.25, -0.2) is 8.78 Å². The van der Waals surface area contributed by atoms with Crippen LogP contribution < -0.4 is 0 Å². The molecule has 1 aromatic carbocycles. The molecule has 17 heavy (non-hydrogen) atoms. The van der Waals surface area contributed by atoms with Crippen molar-refractivity contribution in [2.24, 2.45) is 0 Å². The van der Waals surface area contributed by atoms with E-state index in [0.29, 0.717) is 24.6 Å². The molecule has 0 bridgehead atoms.